The van der Waals surface area contributed by atoms with E-state index in [0.717, 1.165) is 6.92 Å². The van der Waals surface area contributed by atoms with E-state index < -0.39 is 5.92 Å². The minimum absolute atomic E-state index is 0.0216. The summed E-state index contributed by atoms with van der Waals surface area (Å²) < 4.78 is 32.5. The van der Waals surface area contributed by atoms with E-state index in [9.17, 15) is 8.78 Å². The number of aliphatic hydroxyl groups is 1. The molecule has 3 nitrogen and oxygen atoms in total. The highest BCUT2D eigenvalue weighted by Crippen LogP contribution is 2.35. The molecule has 2 rings (SSSR count). The van der Waals surface area contributed by atoms with Crippen molar-refractivity contribution < 1.29 is 18.3 Å². The van der Waals surface area contributed by atoms with Crippen molar-refractivity contribution >= 4 is 11.1 Å². The van der Waals surface area contributed by atoms with Gasteiger partial charge >= 0.3 is 0 Å². The Balaban J connectivity index is 2.73. The van der Waals surface area contributed by atoms with Crippen LogP contribution in [0, 0.1) is 0 Å². The van der Waals surface area contributed by atoms with Crippen molar-refractivity contribution in [1.29, 1.82) is 0 Å². The molecule has 5 heteroatoms. The lowest BCUT2D eigenvalue weighted by molar-refractivity contribution is 0.0180. The summed E-state index contributed by atoms with van der Waals surface area (Å²) in [6.07, 6.45) is 0. The van der Waals surface area contributed by atoms with Gasteiger partial charge in [-0.25, -0.2) is 13.8 Å². The Hall–Kier alpha value is -1.49. The van der Waals surface area contributed by atoms with E-state index in [1.54, 1.807) is 6.07 Å². The molecule has 0 bridgehead atoms. The standard InChI is InChI=1S/C13H15F2NO2/c1-7(2)12-16-10-5-8(6-17)4-9(11(10)18-12)13(3,14)15/h4-5,7,17H,6H2,1-3H3. The van der Waals surface area contributed by atoms with E-state index in [-0.39, 0.29) is 23.7 Å². The Bertz CT molecular complexity index is 570. The molecule has 0 spiro atoms. The van der Waals surface area contributed by atoms with Gasteiger partial charge in [-0.3, -0.25) is 0 Å². The van der Waals surface area contributed by atoms with Crippen LogP contribution in [0.15, 0.2) is 16.5 Å². The summed E-state index contributed by atoms with van der Waals surface area (Å²) in [6.45, 7) is 4.26. The van der Waals surface area contributed by atoms with Crippen molar-refractivity contribution in [2.24, 2.45) is 0 Å². The fraction of sp³-hybridized carbons (Fsp3) is 0.462. The Kier molecular flexibility index (Phi) is 3.11. The fourth-order valence-corrected chi connectivity index (χ4v) is 1.77. The molecule has 0 aliphatic carbocycles. The van der Waals surface area contributed by atoms with Crippen molar-refractivity contribution in [2.45, 2.75) is 39.2 Å². The van der Waals surface area contributed by atoms with Crippen LogP contribution in [0.4, 0.5) is 8.78 Å². The molecule has 0 radical (unpaired) electrons. The lowest BCUT2D eigenvalue weighted by atomic mass is 10.1. The molecule has 0 unspecified atom stereocenters. The highest BCUT2D eigenvalue weighted by Gasteiger charge is 2.30. The van der Waals surface area contributed by atoms with Crippen molar-refractivity contribution in [3.63, 3.8) is 0 Å². The van der Waals surface area contributed by atoms with Gasteiger partial charge in [-0.05, 0) is 17.7 Å². The van der Waals surface area contributed by atoms with Crippen LogP contribution in [0.1, 0.15) is 43.7 Å². The smallest absolute Gasteiger partial charge is 0.274 e. The zero-order valence-corrected chi connectivity index (χ0v) is 10.5. The van der Waals surface area contributed by atoms with Gasteiger partial charge in [0.2, 0.25) is 0 Å². The summed E-state index contributed by atoms with van der Waals surface area (Å²) in [7, 11) is 0. The number of nitrogens with zero attached hydrogens (tertiary/aromatic N) is 1. The topological polar surface area (TPSA) is 46.3 Å². The number of halogens is 2. The zero-order valence-electron chi connectivity index (χ0n) is 10.5. The van der Waals surface area contributed by atoms with E-state index in [0.29, 0.717) is 17.0 Å². The molecule has 0 saturated carbocycles. The number of oxazole rings is 1. The molecule has 98 valence electrons. The monoisotopic (exact) mass is 255 g/mol. The maximum atomic E-state index is 13.5. The van der Waals surface area contributed by atoms with Crippen molar-refractivity contribution in [3.05, 3.63) is 29.2 Å². The molecule has 1 aromatic heterocycles. The van der Waals surface area contributed by atoms with E-state index in [1.807, 2.05) is 13.8 Å². The second-order valence-corrected chi connectivity index (χ2v) is 4.74. The lowest BCUT2D eigenvalue weighted by Crippen LogP contribution is -2.08. The van der Waals surface area contributed by atoms with Crippen molar-refractivity contribution in [3.8, 4) is 0 Å². The van der Waals surface area contributed by atoms with Gasteiger partial charge in [-0.1, -0.05) is 13.8 Å². The summed E-state index contributed by atoms with van der Waals surface area (Å²) in [4.78, 5) is 4.18. The summed E-state index contributed by atoms with van der Waals surface area (Å²) in [5.74, 6) is -2.59. The van der Waals surface area contributed by atoms with Crippen LogP contribution in [0.25, 0.3) is 11.1 Å². The first-order chi connectivity index (χ1) is 8.32. The Labute approximate surface area is 103 Å². The molecule has 2 aromatic rings. The minimum atomic E-state index is -3.03. The molecule has 1 aromatic carbocycles. The number of rotatable bonds is 3. The Morgan fingerprint density at radius 2 is 2.06 bits per heavy atom. The molecule has 0 atom stereocenters. The number of aromatic nitrogens is 1. The van der Waals surface area contributed by atoms with Crippen LogP contribution in [0.2, 0.25) is 0 Å². The van der Waals surface area contributed by atoms with Gasteiger partial charge in [-0.2, -0.15) is 0 Å². The lowest BCUT2D eigenvalue weighted by Gasteiger charge is -2.11. The molecule has 0 fully saturated rings. The predicted molar refractivity (Wildman–Crippen MR) is 63.6 cm³/mol. The Morgan fingerprint density at radius 1 is 1.39 bits per heavy atom. The highest BCUT2D eigenvalue weighted by atomic mass is 19.3. The first kappa shape index (κ1) is 13.0. The van der Waals surface area contributed by atoms with Gasteiger partial charge in [0.15, 0.2) is 11.5 Å². The van der Waals surface area contributed by atoms with E-state index in [2.05, 4.69) is 4.98 Å². The van der Waals surface area contributed by atoms with Crippen LogP contribution in [-0.2, 0) is 12.5 Å². The molecule has 0 aliphatic rings. The molecule has 0 aliphatic heterocycles. The third-order valence-corrected chi connectivity index (χ3v) is 2.72. The quantitative estimate of drug-likeness (QED) is 0.912. The second kappa shape index (κ2) is 4.31. The molecule has 0 amide bonds. The summed E-state index contributed by atoms with van der Waals surface area (Å²) in [5, 5.41) is 9.10. The van der Waals surface area contributed by atoms with Crippen LogP contribution in [-0.4, -0.2) is 10.1 Å². The maximum absolute atomic E-state index is 13.5. The summed E-state index contributed by atoms with van der Waals surface area (Å²) in [5.41, 5.74) is 0.635. The van der Waals surface area contributed by atoms with Crippen LogP contribution >= 0.6 is 0 Å². The minimum Gasteiger partial charge on any atom is -0.440 e. The van der Waals surface area contributed by atoms with Gasteiger partial charge in [0.05, 0.1) is 12.2 Å². The second-order valence-electron chi connectivity index (χ2n) is 4.74. The SMILES string of the molecule is CC(C)c1nc2cc(CO)cc(C(C)(F)F)c2o1. The normalized spacial score (nSPS) is 12.6. The molecule has 1 heterocycles. The average molecular weight is 255 g/mol. The predicted octanol–water partition coefficient (Wildman–Crippen LogP) is 3.56. The van der Waals surface area contributed by atoms with Crippen LogP contribution in [0.3, 0.4) is 0 Å². The molecule has 1 N–H and O–H groups in total. The molecule has 18 heavy (non-hydrogen) atoms. The molecule has 0 saturated heterocycles. The van der Waals surface area contributed by atoms with Gasteiger partial charge in [-0.15, -0.1) is 0 Å². The zero-order chi connectivity index (χ0) is 13.5. The summed E-state index contributed by atoms with van der Waals surface area (Å²) in [6, 6.07) is 2.83. The van der Waals surface area contributed by atoms with Gasteiger partial charge in [0.1, 0.15) is 5.52 Å². The summed E-state index contributed by atoms with van der Waals surface area (Å²) >= 11 is 0. The fourth-order valence-electron chi connectivity index (χ4n) is 1.77. The number of alkyl halides is 2. The number of benzene rings is 1. The van der Waals surface area contributed by atoms with Crippen LogP contribution < -0.4 is 0 Å². The van der Waals surface area contributed by atoms with Gasteiger partial charge in [0.25, 0.3) is 5.92 Å². The van der Waals surface area contributed by atoms with E-state index in [1.165, 1.54) is 6.07 Å². The highest BCUT2D eigenvalue weighted by molar-refractivity contribution is 5.78. The Morgan fingerprint density at radius 3 is 2.56 bits per heavy atom. The first-order valence-electron chi connectivity index (χ1n) is 5.75. The molecular weight excluding hydrogens is 240 g/mol. The third kappa shape index (κ3) is 2.22. The van der Waals surface area contributed by atoms with E-state index in [4.69, 9.17) is 9.52 Å². The van der Waals surface area contributed by atoms with Crippen molar-refractivity contribution in [1.82, 2.24) is 4.98 Å². The van der Waals surface area contributed by atoms with Gasteiger partial charge in [0, 0.05) is 12.8 Å². The molecular formula is C13H15F2NO2. The maximum Gasteiger partial charge on any atom is 0.274 e. The number of hydrogen-bond donors (Lipinski definition) is 1. The largest absolute Gasteiger partial charge is 0.440 e. The van der Waals surface area contributed by atoms with E-state index >= 15 is 0 Å². The van der Waals surface area contributed by atoms with Gasteiger partial charge < -0.3 is 9.52 Å². The number of aliphatic hydroxyl groups excluding tert-OH is 1. The van der Waals surface area contributed by atoms with Crippen LogP contribution in [0.5, 0.6) is 0 Å². The van der Waals surface area contributed by atoms with Crippen molar-refractivity contribution in [2.75, 3.05) is 0 Å². The number of fused-ring (bicyclic) bond motifs is 1. The first-order valence-corrected chi connectivity index (χ1v) is 5.75. The third-order valence-electron chi connectivity index (χ3n) is 2.72. The number of hydrogen-bond acceptors (Lipinski definition) is 3. The average Bonchev–Trinajstić information content (AvgIpc) is 2.69.